The molecule has 4 heterocycles. The fraction of sp³-hybridized carbons (Fsp3) is 0.324. The van der Waals surface area contributed by atoms with E-state index < -0.39 is 12.1 Å². The van der Waals surface area contributed by atoms with E-state index in [0.717, 1.165) is 77.3 Å². The number of rotatable bonds is 11. The number of nitrogens with zero attached hydrogens (tertiary/aromatic N) is 2. The Hall–Kier alpha value is -4.03. The number of pyridine rings is 1. The lowest BCUT2D eigenvalue weighted by atomic mass is 10.0. The zero-order valence-electron chi connectivity index (χ0n) is 25.1. The molecule has 2 aromatic carbocycles. The quantitative estimate of drug-likeness (QED) is 0.119. The van der Waals surface area contributed by atoms with Gasteiger partial charge in [0.05, 0.1) is 18.3 Å². The molecule has 45 heavy (non-hydrogen) atoms. The molecule has 0 saturated carbocycles. The van der Waals surface area contributed by atoms with E-state index in [9.17, 15) is 19.8 Å². The molecule has 5 aromatic rings. The number of hydrogen-bond donors (Lipinski definition) is 5. The normalized spacial score (nSPS) is 14.7. The molecule has 234 valence electrons. The van der Waals surface area contributed by atoms with Gasteiger partial charge in [-0.15, -0.1) is 22.7 Å². The summed E-state index contributed by atoms with van der Waals surface area (Å²) < 4.78 is 1.21. The van der Waals surface area contributed by atoms with Gasteiger partial charge in [-0.3, -0.25) is 4.79 Å². The molecular weight excluding hydrogens is 607 g/mol. The number of aromatic carboxylic acids is 1. The molecule has 0 bridgehead atoms. The standard InChI is InChI=1S/C34H37N5O4S2/c1-2-5-23-17-28(38-33-29(23)30(35)31(45-33)34(42)43)39-14-12-24(13-15-39)36-19-26(40)20-8-10-21(11-9-20)32(41)37-18-25-16-22-6-3-4-7-27(22)44-25/h3-4,6-11,16-17,24,26,36,40H,2,5,12-15,18-19,35H2,1H3,(H,37,41)(H,42,43). The number of aryl methyl sites for hydroxylation is 1. The Bertz CT molecular complexity index is 1790. The minimum absolute atomic E-state index is 0.140. The van der Waals surface area contributed by atoms with Crippen LogP contribution >= 0.6 is 22.7 Å². The molecule has 0 radical (unpaired) electrons. The molecule has 9 nitrogen and oxygen atoms in total. The van der Waals surface area contributed by atoms with Crippen LogP contribution < -0.4 is 21.3 Å². The second-order valence-electron chi connectivity index (χ2n) is 11.5. The number of aliphatic hydroxyl groups excluding tert-OH is 1. The maximum absolute atomic E-state index is 12.7. The van der Waals surface area contributed by atoms with Gasteiger partial charge in [-0.05, 0) is 66.1 Å². The van der Waals surface area contributed by atoms with Crippen molar-refractivity contribution in [3.63, 3.8) is 0 Å². The van der Waals surface area contributed by atoms with Crippen molar-refractivity contribution in [2.75, 3.05) is 30.3 Å². The summed E-state index contributed by atoms with van der Waals surface area (Å²) in [7, 11) is 0. The van der Waals surface area contributed by atoms with Crippen LogP contribution in [0.25, 0.3) is 20.3 Å². The Morgan fingerprint density at radius 2 is 1.84 bits per heavy atom. The molecule has 1 fully saturated rings. The highest BCUT2D eigenvalue weighted by molar-refractivity contribution is 7.21. The number of thiophene rings is 2. The molecule has 0 spiro atoms. The number of nitrogen functional groups attached to an aromatic ring is 1. The molecule has 1 unspecified atom stereocenters. The van der Waals surface area contributed by atoms with Crippen molar-refractivity contribution in [3.05, 3.63) is 87.1 Å². The van der Waals surface area contributed by atoms with E-state index in [0.29, 0.717) is 29.2 Å². The molecule has 1 amide bonds. The van der Waals surface area contributed by atoms with Gasteiger partial charge in [-0.1, -0.05) is 43.7 Å². The largest absolute Gasteiger partial charge is 0.477 e. The number of carbonyl (C=O) groups is 2. The molecule has 3 aromatic heterocycles. The van der Waals surface area contributed by atoms with E-state index >= 15 is 0 Å². The number of hydrogen-bond acceptors (Lipinski definition) is 9. The summed E-state index contributed by atoms with van der Waals surface area (Å²) in [6, 6.07) is 19.7. The number of carboxylic acid groups (broad SMARTS) is 1. The van der Waals surface area contributed by atoms with Crippen molar-refractivity contribution in [3.8, 4) is 0 Å². The number of aromatic nitrogens is 1. The maximum atomic E-state index is 12.7. The molecular formula is C34H37N5O4S2. The van der Waals surface area contributed by atoms with E-state index in [4.69, 9.17) is 10.7 Å². The second kappa shape index (κ2) is 13.5. The van der Waals surface area contributed by atoms with Gasteiger partial charge in [0.15, 0.2) is 0 Å². The smallest absolute Gasteiger partial charge is 0.348 e. The van der Waals surface area contributed by atoms with Crippen molar-refractivity contribution in [2.24, 2.45) is 0 Å². The lowest BCUT2D eigenvalue weighted by Crippen LogP contribution is -2.44. The van der Waals surface area contributed by atoms with Gasteiger partial charge < -0.3 is 31.5 Å². The Labute approximate surface area is 269 Å². The third-order valence-electron chi connectivity index (χ3n) is 8.36. The minimum atomic E-state index is -1.02. The van der Waals surface area contributed by atoms with Crippen LogP contribution in [0.15, 0.2) is 60.7 Å². The first-order chi connectivity index (χ1) is 21.8. The predicted molar refractivity (Wildman–Crippen MR) is 183 cm³/mol. The highest BCUT2D eigenvalue weighted by Crippen LogP contribution is 2.37. The van der Waals surface area contributed by atoms with E-state index in [1.807, 2.05) is 24.3 Å². The molecule has 1 atom stereocenters. The summed E-state index contributed by atoms with van der Waals surface area (Å²) in [6.45, 7) is 4.59. The molecule has 1 aliphatic rings. The van der Waals surface area contributed by atoms with Crippen molar-refractivity contribution >= 4 is 66.4 Å². The van der Waals surface area contributed by atoms with Crippen molar-refractivity contribution in [1.29, 1.82) is 0 Å². The van der Waals surface area contributed by atoms with Crippen molar-refractivity contribution in [1.82, 2.24) is 15.6 Å². The van der Waals surface area contributed by atoms with Crippen LogP contribution in [0.5, 0.6) is 0 Å². The van der Waals surface area contributed by atoms with Crippen molar-refractivity contribution < 1.29 is 19.8 Å². The number of aliphatic hydroxyl groups is 1. The van der Waals surface area contributed by atoms with Crippen LogP contribution in [0, 0.1) is 0 Å². The molecule has 0 aliphatic carbocycles. The van der Waals surface area contributed by atoms with Crippen molar-refractivity contribution in [2.45, 2.75) is 51.3 Å². The maximum Gasteiger partial charge on any atom is 0.348 e. The molecule has 6 rings (SSSR count). The van der Waals surface area contributed by atoms with Crippen LogP contribution in [0.2, 0.25) is 0 Å². The summed E-state index contributed by atoms with van der Waals surface area (Å²) in [6.07, 6.45) is 2.82. The number of benzene rings is 2. The average molecular weight is 644 g/mol. The average Bonchev–Trinajstić information content (AvgIpc) is 3.63. The molecule has 1 aliphatic heterocycles. The zero-order valence-corrected chi connectivity index (χ0v) is 26.7. The Morgan fingerprint density at radius 3 is 2.56 bits per heavy atom. The topological polar surface area (TPSA) is 141 Å². The third kappa shape index (κ3) is 6.81. The van der Waals surface area contributed by atoms with Gasteiger partial charge in [0.1, 0.15) is 15.5 Å². The van der Waals surface area contributed by atoms with Gasteiger partial charge in [0.2, 0.25) is 0 Å². The van der Waals surface area contributed by atoms with Gasteiger partial charge in [0.25, 0.3) is 5.91 Å². The van der Waals surface area contributed by atoms with Gasteiger partial charge in [-0.25, -0.2) is 9.78 Å². The minimum Gasteiger partial charge on any atom is -0.477 e. The van der Waals surface area contributed by atoms with E-state index in [-0.39, 0.29) is 16.8 Å². The van der Waals surface area contributed by atoms with Crippen LogP contribution in [0.1, 0.15) is 68.3 Å². The van der Waals surface area contributed by atoms with Crippen LogP contribution in [-0.4, -0.2) is 52.7 Å². The number of fused-ring (bicyclic) bond motifs is 2. The number of carbonyl (C=O) groups excluding carboxylic acids is 1. The van der Waals surface area contributed by atoms with Gasteiger partial charge in [-0.2, -0.15) is 0 Å². The van der Waals surface area contributed by atoms with Crippen LogP contribution in [-0.2, 0) is 13.0 Å². The lowest BCUT2D eigenvalue weighted by Gasteiger charge is -2.34. The summed E-state index contributed by atoms with van der Waals surface area (Å²) in [4.78, 5) is 33.4. The molecule has 6 N–H and O–H groups in total. The number of piperidine rings is 1. The monoisotopic (exact) mass is 643 g/mol. The fourth-order valence-electron chi connectivity index (χ4n) is 5.93. The van der Waals surface area contributed by atoms with Crippen LogP contribution in [0.4, 0.5) is 11.5 Å². The highest BCUT2D eigenvalue weighted by Gasteiger charge is 2.24. The van der Waals surface area contributed by atoms with Crippen LogP contribution in [0.3, 0.4) is 0 Å². The Balaban J connectivity index is 0.998. The summed E-state index contributed by atoms with van der Waals surface area (Å²) >= 11 is 2.82. The first kappa shape index (κ1) is 31.0. The summed E-state index contributed by atoms with van der Waals surface area (Å²) in [5, 5.41) is 28.9. The summed E-state index contributed by atoms with van der Waals surface area (Å²) in [5.74, 6) is -0.303. The number of anilines is 2. The summed E-state index contributed by atoms with van der Waals surface area (Å²) in [5.41, 5.74) is 8.89. The molecule has 1 saturated heterocycles. The van der Waals surface area contributed by atoms with Gasteiger partial charge >= 0.3 is 5.97 Å². The number of nitrogens with one attached hydrogen (secondary N) is 2. The zero-order chi connectivity index (χ0) is 31.5. The first-order valence-electron chi connectivity index (χ1n) is 15.3. The molecule has 11 heteroatoms. The second-order valence-corrected chi connectivity index (χ2v) is 13.6. The fourth-order valence-corrected chi connectivity index (χ4v) is 7.91. The number of amides is 1. The Kier molecular flexibility index (Phi) is 9.32. The highest BCUT2D eigenvalue weighted by atomic mass is 32.1. The van der Waals surface area contributed by atoms with Gasteiger partial charge in [0, 0.05) is 46.2 Å². The number of nitrogens with two attached hydrogens (primary N) is 1. The van der Waals surface area contributed by atoms with E-state index in [1.165, 1.54) is 10.1 Å². The first-order valence-corrected chi connectivity index (χ1v) is 16.9. The van der Waals surface area contributed by atoms with E-state index in [2.05, 4.69) is 46.7 Å². The predicted octanol–water partition coefficient (Wildman–Crippen LogP) is 5.97. The van der Waals surface area contributed by atoms with E-state index in [1.54, 1.807) is 23.5 Å². The third-order valence-corrected chi connectivity index (χ3v) is 10.6. The Morgan fingerprint density at radius 1 is 1.09 bits per heavy atom. The SMILES string of the molecule is CCCc1cc(N2CCC(NCC(O)c3ccc(C(=O)NCc4cc5ccccc5s4)cc3)CC2)nc2sc(C(=O)O)c(N)c12. The lowest BCUT2D eigenvalue weighted by molar-refractivity contribution is 0.0703. The number of carboxylic acids is 1.